The number of hydrogen-bond donors (Lipinski definition) is 3. The molecule has 5 heteroatoms. The lowest BCUT2D eigenvalue weighted by molar-refractivity contribution is 0.0948. The Morgan fingerprint density at radius 1 is 1.42 bits per heavy atom. The van der Waals surface area contributed by atoms with Crippen LogP contribution in [0.3, 0.4) is 0 Å². The molecule has 1 aromatic heterocycles. The Balaban J connectivity index is 1.62. The lowest BCUT2D eigenvalue weighted by Gasteiger charge is -2.23. The van der Waals surface area contributed by atoms with Crippen LogP contribution < -0.4 is 10.6 Å². The summed E-state index contributed by atoms with van der Waals surface area (Å²) in [6, 6.07) is 5.92. The molecule has 0 radical (unpaired) electrons. The molecular formula is C14H18N4O. The highest BCUT2D eigenvalue weighted by Crippen LogP contribution is 2.12. The number of carbonyl (C=O) groups excluding carboxylic acids is 1. The van der Waals surface area contributed by atoms with Gasteiger partial charge < -0.3 is 15.6 Å². The van der Waals surface area contributed by atoms with Crippen LogP contribution in [0.15, 0.2) is 24.5 Å². The van der Waals surface area contributed by atoms with Crippen molar-refractivity contribution in [1.82, 2.24) is 20.6 Å². The fourth-order valence-electron chi connectivity index (χ4n) is 2.49. The Hall–Kier alpha value is -1.88. The number of piperidine rings is 1. The predicted octanol–water partition coefficient (Wildman–Crippen LogP) is 1.43. The maximum Gasteiger partial charge on any atom is 0.251 e. The van der Waals surface area contributed by atoms with Crippen molar-refractivity contribution in [2.45, 2.75) is 25.3 Å². The van der Waals surface area contributed by atoms with Crippen LogP contribution in [-0.2, 0) is 0 Å². The molecule has 0 aliphatic carbocycles. The monoisotopic (exact) mass is 258 g/mol. The smallest absolute Gasteiger partial charge is 0.251 e. The first-order valence-electron chi connectivity index (χ1n) is 6.77. The lowest BCUT2D eigenvalue weighted by Crippen LogP contribution is -2.43. The van der Waals surface area contributed by atoms with E-state index in [1.807, 2.05) is 18.2 Å². The summed E-state index contributed by atoms with van der Waals surface area (Å²) in [5, 5.41) is 6.41. The first kappa shape index (κ1) is 12.2. The van der Waals surface area contributed by atoms with Crippen molar-refractivity contribution in [3.63, 3.8) is 0 Å². The van der Waals surface area contributed by atoms with Crippen molar-refractivity contribution >= 4 is 16.9 Å². The summed E-state index contributed by atoms with van der Waals surface area (Å²) in [7, 11) is 0. The summed E-state index contributed by atoms with van der Waals surface area (Å²) in [5.41, 5.74) is 2.45. The average Bonchev–Trinajstić information content (AvgIpc) is 2.93. The summed E-state index contributed by atoms with van der Waals surface area (Å²) in [6.07, 6.45) is 5.26. The summed E-state index contributed by atoms with van der Waals surface area (Å²) < 4.78 is 0. The number of rotatable bonds is 3. The van der Waals surface area contributed by atoms with Crippen LogP contribution in [0.1, 0.15) is 29.6 Å². The highest BCUT2D eigenvalue weighted by Gasteiger charge is 2.14. The predicted molar refractivity (Wildman–Crippen MR) is 74.1 cm³/mol. The zero-order valence-corrected chi connectivity index (χ0v) is 10.8. The van der Waals surface area contributed by atoms with E-state index in [0.717, 1.165) is 24.0 Å². The largest absolute Gasteiger partial charge is 0.350 e. The Morgan fingerprint density at radius 3 is 3.21 bits per heavy atom. The van der Waals surface area contributed by atoms with Gasteiger partial charge in [0.1, 0.15) is 0 Å². The number of nitrogens with zero attached hydrogens (tertiary/aromatic N) is 1. The fourth-order valence-corrected chi connectivity index (χ4v) is 2.49. The summed E-state index contributed by atoms with van der Waals surface area (Å²) in [6.45, 7) is 1.75. The molecule has 100 valence electrons. The second-order valence-electron chi connectivity index (χ2n) is 4.99. The van der Waals surface area contributed by atoms with E-state index in [1.54, 1.807) is 6.33 Å². The van der Waals surface area contributed by atoms with Gasteiger partial charge in [0.15, 0.2) is 0 Å². The van der Waals surface area contributed by atoms with Crippen LogP contribution in [0.2, 0.25) is 0 Å². The molecule has 19 heavy (non-hydrogen) atoms. The molecule has 1 saturated heterocycles. The number of hydrogen-bond acceptors (Lipinski definition) is 3. The Labute approximate surface area is 111 Å². The molecule has 1 amide bonds. The molecule has 1 unspecified atom stereocenters. The highest BCUT2D eigenvalue weighted by molar-refractivity contribution is 5.97. The molecule has 1 aliphatic heterocycles. The van der Waals surface area contributed by atoms with Crippen LogP contribution >= 0.6 is 0 Å². The summed E-state index contributed by atoms with van der Waals surface area (Å²) in [4.78, 5) is 19.2. The number of H-pyrrole nitrogens is 1. The number of fused-ring (bicyclic) bond motifs is 1. The Kier molecular flexibility index (Phi) is 3.46. The van der Waals surface area contributed by atoms with Crippen molar-refractivity contribution in [1.29, 1.82) is 0 Å². The maximum atomic E-state index is 12.1. The third-order valence-electron chi connectivity index (χ3n) is 3.60. The number of benzene rings is 1. The van der Waals surface area contributed by atoms with E-state index in [4.69, 9.17) is 0 Å². The topological polar surface area (TPSA) is 69.8 Å². The third-order valence-corrected chi connectivity index (χ3v) is 3.60. The van der Waals surface area contributed by atoms with E-state index in [2.05, 4.69) is 20.6 Å². The van der Waals surface area contributed by atoms with Gasteiger partial charge in [-0.2, -0.15) is 0 Å². The molecule has 1 aliphatic rings. The first-order valence-corrected chi connectivity index (χ1v) is 6.77. The number of amides is 1. The molecule has 0 spiro atoms. The molecular weight excluding hydrogens is 240 g/mol. The van der Waals surface area contributed by atoms with Crippen molar-refractivity contribution in [3.8, 4) is 0 Å². The zero-order chi connectivity index (χ0) is 13.1. The van der Waals surface area contributed by atoms with Crippen molar-refractivity contribution in [3.05, 3.63) is 30.1 Å². The standard InChI is InChI=1S/C14H18N4O/c19-14(16-8-11-3-1-2-6-15-11)10-4-5-12-13(7-10)18-9-17-12/h4-5,7,9,11,15H,1-3,6,8H2,(H,16,19)(H,17,18). The van der Waals surface area contributed by atoms with Crippen LogP contribution in [0.25, 0.3) is 11.0 Å². The minimum Gasteiger partial charge on any atom is -0.350 e. The molecule has 3 rings (SSSR count). The number of nitrogens with one attached hydrogen (secondary N) is 3. The highest BCUT2D eigenvalue weighted by atomic mass is 16.1. The second-order valence-corrected chi connectivity index (χ2v) is 4.99. The van der Waals surface area contributed by atoms with Gasteiger partial charge in [-0.15, -0.1) is 0 Å². The third kappa shape index (κ3) is 2.76. The van der Waals surface area contributed by atoms with Gasteiger partial charge in [0.25, 0.3) is 5.91 Å². The van der Waals surface area contributed by atoms with Gasteiger partial charge in [-0.1, -0.05) is 6.42 Å². The van der Waals surface area contributed by atoms with Crippen molar-refractivity contribution in [2.24, 2.45) is 0 Å². The molecule has 0 saturated carbocycles. The van der Waals surface area contributed by atoms with E-state index in [9.17, 15) is 4.79 Å². The summed E-state index contributed by atoms with van der Waals surface area (Å²) >= 11 is 0. The van der Waals surface area contributed by atoms with Gasteiger partial charge in [0, 0.05) is 18.2 Å². The second kappa shape index (κ2) is 5.40. The quantitative estimate of drug-likeness (QED) is 0.780. The van der Waals surface area contributed by atoms with E-state index in [0.29, 0.717) is 18.2 Å². The van der Waals surface area contributed by atoms with Crippen LogP contribution in [-0.4, -0.2) is 35.0 Å². The molecule has 0 bridgehead atoms. The number of aromatic amines is 1. The van der Waals surface area contributed by atoms with E-state index < -0.39 is 0 Å². The van der Waals surface area contributed by atoms with Gasteiger partial charge in [-0.25, -0.2) is 4.98 Å². The summed E-state index contributed by atoms with van der Waals surface area (Å²) in [5.74, 6) is -0.0242. The molecule has 1 aromatic carbocycles. The van der Waals surface area contributed by atoms with E-state index in [1.165, 1.54) is 12.8 Å². The van der Waals surface area contributed by atoms with Crippen LogP contribution in [0, 0.1) is 0 Å². The number of carbonyl (C=O) groups is 1. The van der Waals surface area contributed by atoms with E-state index >= 15 is 0 Å². The van der Waals surface area contributed by atoms with Gasteiger partial charge in [-0.05, 0) is 37.6 Å². The van der Waals surface area contributed by atoms with Gasteiger partial charge in [-0.3, -0.25) is 4.79 Å². The number of aromatic nitrogens is 2. The fraction of sp³-hybridized carbons (Fsp3) is 0.429. The van der Waals surface area contributed by atoms with Crippen molar-refractivity contribution in [2.75, 3.05) is 13.1 Å². The lowest BCUT2D eigenvalue weighted by atomic mass is 10.0. The van der Waals surface area contributed by atoms with Gasteiger partial charge in [0.05, 0.1) is 17.4 Å². The minimum absolute atomic E-state index is 0.0242. The molecule has 1 atom stereocenters. The molecule has 2 aromatic rings. The average molecular weight is 258 g/mol. The minimum atomic E-state index is -0.0242. The first-order chi connectivity index (χ1) is 9.33. The Bertz CT molecular complexity index is 572. The maximum absolute atomic E-state index is 12.1. The molecule has 2 heterocycles. The van der Waals surface area contributed by atoms with Gasteiger partial charge >= 0.3 is 0 Å². The van der Waals surface area contributed by atoms with Crippen LogP contribution in [0.4, 0.5) is 0 Å². The zero-order valence-electron chi connectivity index (χ0n) is 10.8. The van der Waals surface area contributed by atoms with Gasteiger partial charge in [0.2, 0.25) is 0 Å². The van der Waals surface area contributed by atoms with Crippen LogP contribution in [0.5, 0.6) is 0 Å². The number of imidazole rings is 1. The Morgan fingerprint density at radius 2 is 2.37 bits per heavy atom. The normalized spacial score (nSPS) is 19.5. The SMILES string of the molecule is O=C(NCC1CCCCN1)c1ccc2nc[nH]c2c1. The molecule has 3 N–H and O–H groups in total. The van der Waals surface area contributed by atoms with E-state index in [-0.39, 0.29) is 5.91 Å². The van der Waals surface area contributed by atoms with Crippen molar-refractivity contribution < 1.29 is 4.79 Å². The molecule has 5 nitrogen and oxygen atoms in total. The molecule has 1 fully saturated rings.